The molecule has 0 aliphatic heterocycles. The summed E-state index contributed by atoms with van der Waals surface area (Å²) in [6.45, 7) is 6.40. The first-order valence-corrected chi connectivity index (χ1v) is 11.4. The Balaban J connectivity index is 1.64. The maximum Gasteiger partial charge on any atom is 0.0307 e. The van der Waals surface area contributed by atoms with Crippen molar-refractivity contribution < 1.29 is 0 Å². The maximum atomic E-state index is 3.36. The molecule has 0 N–H and O–H groups in total. The van der Waals surface area contributed by atoms with Crippen molar-refractivity contribution in [1.29, 1.82) is 0 Å². The highest BCUT2D eigenvalue weighted by Crippen LogP contribution is 2.35. The second-order valence-corrected chi connectivity index (χ2v) is 8.65. The van der Waals surface area contributed by atoms with Crippen LogP contribution in [0.5, 0.6) is 0 Å². The van der Waals surface area contributed by atoms with Crippen LogP contribution in [0.15, 0.2) is 97.1 Å². The molecule has 0 bridgehead atoms. The van der Waals surface area contributed by atoms with Crippen LogP contribution >= 0.6 is 0 Å². The van der Waals surface area contributed by atoms with E-state index in [2.05, 4.69) is 130 Å². The average Bonchev–Trinajstić information content (AvgIpc) is 2.83. The van der Waals surface area contributed by atoms with Crippen molar-refractivity contribution >= 4 is 27.6 Å². The summed E-state index contributed by atoms with van der Waals surface area (Å²) in [5, 5.41) is 5.06. The molecular weight excluding hydrogens is 396 g/mol. The fourth-order valence-electron chi connectivity index (χ4n) is 4.79. The number of hydrogen-bond donors (Lipinski definition) is 0. The van der Waals surface area contributed by atoms with Crippen molar-refractivity contribution in [2.45, 2.75) is 20.8 Å². The number of rotatable bonds is 2. The monoisotopic (exact) mass is 422 g/mol. The third-order valence-electron chi connectivity index (χ3n) is 6.24. The summed E-state index contributed by atoms with van der Waals surface area (Å²) in [4.78, 5) is 0. The van der Waals surface area contributed by atoms with Gasteiger partial charge in [-0.3, -0.25) is 0 Å². The van der Waals surface area contributed by atoms with Gasteiger partial charge in [-0.05, 0) is 88.4 Å². The number of aryl methyl sites for hydroxylation is 3. The number of allylic oxidation sites excluding steroid dienone is 1. The SMILES string of the molecule is Cc1cc(C)c(C#CC=Cc2cc3c(-c4ccccc4)cccc3c3ccccc23)c(C)c1. The third-order valence-corrected chi connectivity index (χ3v) is 6.24. The summed E-state index contributed by atoms with van der Waals surface area (Å²) in [7, 11) is 0. The molecule has 0 saturated carbocycles. The molecule has 0 heteroatoms. The molecule has 0 amide bonds. The van der Waals surface area contributed by atoms with Crippen LogP contribution in [0.2, 0.25) is 0 Å². The normalized spacial score (nSPS) is 11.1. The Morgan fingerprint density at radius 1 is 0.606 bits per heavy atom. The van der Waals surface area contributed by atoms with E-state index in [0.717, 1.165) is 5.56 Å². The molecule has 0 saturated heterocycles. The van der Waals surface area contributed by atoms with E-state index in [-0.39, 0.29) is 0 Å². The van der Waals surface area contributed by atoms with Crippen molar-refractivity contribution in [2.75, 3.05) is 0 Å². The first kappa shape index (κ1) is 20.8. The van der Waals surface area contributed by atoms with Gasteiger partial charge in [0.05, 0.1) is 0 Å². The molecule has 0 nitrogen and oxygen atoms in total. The minimum absolute atomic E-state index is 1.12. The van der Waals surface area contributed by atoms with Gasteiger partial charge in [-0.2, -0.15) is 0 Å². The van der Waals surface area contributed by atoms with Gasteiger partial charge in [0.2, 0.25) is 0 Å². The molecule has 0 radical (unpaired) electrons. The standard InChI is InChI=1S/C33H26/c1-23-20-24(2)28(25(3)21-23)15-8-7-14-27-22-33-29(26-12-5-4-6-13-26)18-11-19-32(33)31-17-10-9-16-30(27)31/h4-7,9-14,16-22H,1-3H3. The van der Waals surface area contributed by atoms with Gasteiger partial charge in [-0.15, -0.1) is 0 Å². The van der Waals surface area contributed by atoms with Gasteiger partial charge in [0.15, 0.2) is 0 Å². The highest BCUT2D eigenvalue weighted by atomic mass is 14.1. The smallest absolute Gasteiger partial charge is 0.0307 e. The number of fused-ring (bicyclic) bond motifs is 3. The third kappa shape index (κ3) is 4.07. The van der Waals surface area contributed by atoms with E-state index in [1.807, 2.05) is 6.08 Å². The number of hydrogen-bond acceptors (Lipinski definition) is 0. The zero-order valence-electron chi connectivity index (χ0n) is 19.3. The molecule has 5 aromatic carbocycles. The molecule has 0 atom stereocenters. The Labute approximate surface area is 196 Å². The van der Waals surface area contributed by atoms with Gasteiger partial charge in [0.25, 0.3) is 0 Å². The molecule has 158 valence electrons. The molecule has 5 rings (SSSR count). The van der Waals surface area contributed by atoms with Gasteiger partial charge >= 0.3 is 0 Å². The van der Waals surface area contributed by atoms with E-state index in [9.17, 15) is 0 Å². The molecule has 0 fully saturated rings. The van der Waals surface area contributed by atoms with E-state index >= 15 is 0 Å². The Kier molecular flexibility index (Phi) is 5.55. The highest BCUT2D eigenvalue weighted by molar-refractivity contribution is 6.14. The average molecular weight is 423 g/mol. The van der Waals surface area contributed by atoms with Crippen molar-refractivity contribution in [1.82, 2.24) is 0 Å². The van der Waals surface area contributed by atoms with Crippen molar-refractivity contribution in [3.63, 3.8) is 0 Å². The van der Waals surface area contributed by atoms with E-state index in [0.29, 0.717) is 0 Å². The Bertz CT molecular complexity index is 1550. The van der Waals surface area contributed by atoms with Crippen LogP contribution in [-0.4, -0.2) is 0 Å². The lowest BCUT2D eigenvalue weighted by atomic mass is 9.92. The highest BCUT2D eigenvalue weighted by Gasteiger charge is 2.09. The first-order chi connectivity index (χ1) is 16.1. The fraction of sp³-hybridized carbons (Fsp3) is 0.0909. The predicted octanol–water partition coefficient (Wildman–Crippen LogP) is 8.65. The van der Waals surface area contributed by atoms with Crippen LogP contribution in [0.4, 0.5) is 0 Å². The molecule has 0 aliphatic carbocycles. The maximum absolute atomic E-state index is 3.36. The summed E-state index contributed by atoms with van der Waals surface area (Å²) >= 11 is 0. The molecule has 33 heavy (non-hydrogen) atoms. The minimum atomic E-state index is 1.12. The molecule has 0 heterocycles. The van der Waals surface area contributed by atoms with Gasteiger partial charge in [-0.25, -0.2) is 0 Å². The van der Waals surface area contributed by atoms with Gasteiger partial charge < -0.3 is 0 Å². The number of benzene rings is 5. The summed E-state index contributed by atoms with van der Waals surface area (Å²) in [5.41, 5.74) is 8.55. The Morgan fingerprint density at radius 2 is 1.24 bits per heavy atom. The summed E-state index contributed by atoms with van der Waals surface area (Å²) in [6.07, 6.45) is 4.13. The zero-order valence-corrected chi connectivity index (χ0v) is 19.3. The predicted molar refractivity (Wildman–Crippen MR) is 143 cm³/mol. The topological polar surface area (TPSA) is 0 Å². The first-order valence-electron chi connectivity index (χ1n) is 11.4. The van der Waals surface area contributed by atoms with Crippen molar-refractivity contribution in [2.24, 2.45) is 0 Å². The fourth-order valence-corrected chi connectivity index (χ4v) is 4.79. The second kappa shape index (κ2) is 8.81. The van der Waals surface area contributed by atoms with E-state index < -0.39 is 0 Å². The molecule has 5 aromatic rings. The largest absolute Gasteiger partial charge is 0.0696 e. The lowest BCUT2D eigenvalue weighted by Crippen LogP contribution is -1.89. The van der Waals surface area contributed by atoms with Crippen LogP contribution in [0.3, 0.4) is 0 Å². The Morgan fingerprint density at radius 3 is 2.00 bits per heavy atom. The molecule has 0 spiro atoms. The molecule has 0 unspecified atom stereocenters. The Hall–Kier alpha value is -4.08. The van der Waals surface area contributed by atoms with Gasteiger partial charge in [-0.1, -0.05) is 102 Å². The van der Waals surface area contributed by atoms with Crippen LogP contribution in [0.25, 0.3) is 38.7 Å². The van der Waals surface area contributed by atoms with Gasteiger partial charge in [0.1, 0.15) is 0 Å². The molecule has 0 aromatic heterocycles. The van der Waals surface area contributed by atoms with Crippen LogP contribution in [0, 0.1) is 32.6 Å². The minimum Gasteiger partial charge on any atom is -0.0696 e. The van der Waals surface area contributed by atoms with E-state index in [4.69, 9.17) is 0 Å². The van der Waals surface area contributed by atoms with Crippen molar-refractivity contribution in [3.05, 3.63) is 125 Å². The summed E-state index contributed by atoms with van der Waals surface area (Å²) < 4.78 is 0. The van der Waals surface area contributed by atoms with Gasteiger partial charge in [0, 0.05) is 5.56 Å². The quantitative estimate of drug-likeness (QED) is 0.197. The second-order valence-electron chi connectivity index (χ2n) is 8.65. The van der Waals surface area contributed by atoms with Crippen LogP contribution in [0.1, 0.15) is 27.8 Å². The molecular formula is C33H26. The zero-order chi connectivity index (χ0) is 22.8. The molecule has 0 aliphatic rings. The van der Waals surface area contributed by atoms with E-state index in [1.54, 1.807) is 0 Å². The van der Waals surface area contributed by atoms with Crippen LogP contribution in [-0.2, 0) is 0 Å². The summed E-state index contributed by atoms with van der Waals surface area (Å²) in [6, 6.07) is 32.5. The lowest BCUT2D eigenvalue weighted by Gasteiger charge is -2.12. The lowest BCUT2D eigenvalue weighted by molar-refractivity contribution is 1.30. The van der Waals surface area contributed by atoms with Crippen LogP contribution < -0.4 is 0 Å². The van der Waals surface area contributed by atoms with E-state index in [1.165, 1.54) is 54.9 Å². The van der Waals surface area contributed by atoms with Crippen molar-refractivity contribution in [3.8, 4) is 23.0 Å². The summed E-state index contributed by atoms with van der Waals surface area (Å²) in [5.74, 6) is 6.64.